The fraction of sp³-hybridized carbons (Fsp3) is 0.200. The molecule has 0 radical (unpaired) electrons. The van der Waals surface area contributed by atoms with E-state index >= 15 is 0 Å². The van der Waals surface area contributed by atoms with Crippen molar-refractivity contribution in [1.29, 1.82) is 0 Å². The van der Waals surface area contributed by atoms with Gasteiger partial charge in [0.25, 0.3) is 0 Å². The van der Waals surface area contributed by atoms with Crippen molar-refractivity contribution in [2.45, 2.75) is 19.4 Å². The summed E-state index contributed by atoms with van der Waals surface area (Å²) in [5, 5.41) is 17.9. The number of halogens is 1. The number of nitrogens with zero attached hydrogens (tertiary/aromatic N) is 2. The van der Waals surface area contributed by atoms with E-state index in [-0.39, 0.29) is 5.91 Å². The minimum absolute atomic E-state index is 0.354. The van der Waals surface area contributed by atoms with Gasteiger partial charge in [0.2, 0.25) is 11.0 Å². The van der Waals surface area contributed by atoms with Crippen LogP contribution in [0.15, 0.2) is 54.6 Å². The summed E-state index contributed by atoms with van der Waals surface area (Å²) in [6, 6.07) is 15.5. The molecule has 1 atom stereocenters. The second-order valence-corrected chi connectivity index (χ2v) is 7.57. The van der Waals surface area contributed by atoms with Crippen molar-refractivity contribution in [2.75, 3.05) is 11.9 Å². The van der Waals surface area contributed by atoms with Gasteiger partial charge in [-0.15, -0.1) is 10.2 Å². The molecule has 0 bridgehead atoms. The Hall–Kier alpha value is -2.97. The highest BCUT2D eigenvalue weighted by Gasteiger charge is 2.22. The van der Waals surface area contributed by atoms with Crippen LogP contribution in [0, 0.1) is 0 Å². The Labute approximate surface area is 177 Å². The predicted molar refractivity (Wildman–Crippen MR) is 115 cm³/mol. The number of hydrogen-bond donors (Lipinski definition) is 3. The van der Waals surface area contributed by atoms with E-state index < -0.39 is 12.1 Å². The summed E-state index contributed by atoms with van der Waals surface area (Å²) in [4.78, 5) is 24.8. The maximum atomic E-state index is 12.8. The second kappa shape index (κ2) is 9.99. The number of benzene rings is 2. The van der Waals surface area contributed by atoms with Gasteiger partial charge in [0, 0.05) is 23.6 Å². The number of aromatic nitrogens is 2. The second-order valence-electron chi connectivity index (χ2n) is 6.15. The zero-order chi connectivity index (χ0) is 20.6. The molecule has 1 unspecified atom stereocenters. The third-order valence-electron chi connectivity index (χ3n) is 3.99. The van der Waals surface area contributed by atoms with Crippen LogP contribution in [-0.2, 0) is 11.2 Å². The van der Waals surface area contributed by atoms with Crippen molar-refractivity contribution >= 4 is 40.0 Å². The first-order valence-electron chi connectivity index (χ1n) is 9.03. The molecule has 29 heavy (non-hydrogen) atoms. The van der Waals surface area contributed by atoms with Crippen LogP contribution in [-0.4, -0.2) is 34.7 Å². The molecule has 0 aliphatic carbocycles. The van der Waals surface area contributed by atoms with Crippen LogP contribution in [0.1, 0.15) is 12.5 Å². The molecule has 3 rings (SSSR count). The Balaban J connectivity index is 1.71. The van der Waals surface area contributed by atoms with E-state index in [2.05, 4.69) is 26.1 Å². The average molecular weight is 430 g/mol. The zero-order valence-electron chi connectivity index (χ0n) is 15.7. The van der Waals surface area contributed by atoms with Crippen LogP contribution in [0.4, 0.5) is 9.93 Å². The van der Waals surface area contributed by atoms with Crippen LogP contribution in [0.3, 0.4) is 0 Å². The molecule has 9 heteroatoms. The molecule has 0 spiro atoms. The lowest BCUT2D eigenvalue weighted by Gasteiger charge is -2.18. The van der Waals surface area contributed by atoms with Crippen LogP contribution < -0.4 is 16.0 Å². The fourth-order valence-corrected chi connectivity index (χ4v) is 3.48. The topological polar surface area (TPSA) is 96.0 Å². The number of anilines is 1. The average Bonchev–Trinajstić information content (AvgIpc) is 3.17. The lowest BCUT2D eigenvalue weighted by Crippen LogP contribution is -2.49. The number of carbonyl (C=O) groups excluding carboxylic acids is 2. The third-order valence-corrected chi connectivity index (χ3v) is 5.13. The van der Waals surface area contributed by atoms with Crippen LogP contribution in [0.2, 0.25) is 5.02 Å². The summed E-state index contributed by atoms with van der Waals surface area (Å²) in [6.45, 7) is 2.28. The monoisotopic (exact) mass is 429 g/mol. The van der Waals surface area contributed by atoms with E-state index in [0.29, 0.717) is 28.1 Å². The summed E-state index contributed by atoms with van der Waals surface area (Å²) in [6.07, 6.45) is 0.354. The van der Waals surface area contributed by atoms with Crippen molar-refractivity contribution in [3.8, 4) is 10.6 Å². The van der Waals surface area contributed by atoms with Crippen LogP contribution in [0.25, 0.3) is 10.6 Å². The van der Waals surface area contributed by atoms with Gasteiger partial charge < -0.3 is 10.6 Å². The first kappa shape index (κ1) is 20.8. The highest BCUT2D eigenvalue weighted by molar-refractivity contribution is 7.18. The van der Waals surface area contributed by atoms with Gasteiger partial charge in [-0.1, -0.05) is 65.4 Å². The van der Waals surface area contributed by atoms with E-state index in [1.165, 1.54) is 11.3 Å². The number of urea groups is 1. The molecule has 0 fully saturated rings. The predicted octanol–water partition coefficient (Wildman–Crippen LogP) is 3.73. The zero-order valence-corrected chi connectivity index (χ0v) is 17.3. The Morgan fingerprint density at radius 1 is 1.07 bits per heavy atom. The summed E-state index contributed by atoms with van der Waals surface area (Å²) in [7, 11) is 0. The lowest BCUT2D eigenvalue weighted by atomic mass is 10.1. The Kier molecular flexibility index (Phi) is 7.15. The molecule has 7 nitrogen and oxygen atoms in total. The minimum Gasteiger partial charge on any atom is -0.338 e. The number of amides is 3. The van der Waals surface area contributed by atoms with Crippen molar-refractivity contribution in [3.63, 3.8) is 0 Å². The fourth-order valence-electron chi connectivity index (χ4n) is 2.60. The van der Waals surface area contributed by atoms with E-state index in [9.17, 15) is 9.59 Å². The Morgan fingerprint density at radius 2 is 1.79 bits per heavy atom. The smallest absolute Gasteiger partial charge is 0.315 e. The van der Waals surface area contributed by atoms with Crippen molar-refractivity contribution < 1.29 is 9.59 Å². The van der Waals surface area contributed by atoms with Crippen molar-refractivity contribution in [3.05, 3.63) is 65.2 Å². The summed E-state index contributed by atoms with van der Waals surface area (Å²) in [5.41, 5.74) is 1.79. The van der Waals surface area contributed by atoms with Gasteiger partial charge in [-0.25, -0.2) is 4.79 Å². The van der Waals surface area contributed by atoms with Gasteiger partial charge in [-0.05, 0) is 24.6 Å². The maximum Gasteiger partial charge on any atom is 0.315 e. The summed E-state index contributed by atoms with van der Waals surface area (Å²) >= 11 is 7.16. The Morgan fingerprint density at radius 3 is 2.48 bits per heavy atom. The molecule has 0 saturated heterocycles. The maximum absolute atomic E-state index is 12.8. The van der Waals surface area contributed by atoms with Gasteiger partial charge in [0.1, 0.15) is 11.0 Å². The van der Waals surface area contributed by atoms with Crippen LogP contribution in [0.5, 0.6) is 0 Å². The number of rotatable bonds is 7. The normalized spacial score (nSPS) is 11.5. The van der Waals surface area contributed by atoms with Gasteiger partial charge >= 0.3 is 6.03 Å². The molecular formula is C20H20ClN5O2S. The largest absolute Gasteiger partial charge is 0.338 e. The molecular weight excluding hydrogens is 410 g/mol. The molecule has 3 amide bonds. The molecule has 0 aliphatic heterocycles. The van der Waals surface area contributed by atoms with E-state index in [4.69, 9.17) is 11.6 Å². The van der Waals surface area contributed by atoms with Gasteiger partial charge in [0.05, 0.1) is 0 Å². The molecule has 0 aliphatic rings. The standard InChI is InChI=1S/C20H20ClN5O2S/c1-2-22-19(28)23-16(12-13-6-4-3-5-7-13)17(27)24-20-26-25-18(29-20)14-8-10-15(21)11-9-14/h3-11,16H,2,12H2,1H3,(H2,22,23,28)(H,24,26,27). The molecule has 1 heterocycles. The quantitative estimate of drug-likeness (QED) is 0.533. The summed E-state index contributed by atoms with van der Waals surface area (Å²) in [5.74, 6) is -0.362. The first-order valence-corrected chi connectivity index (χ1v) is 10.2. The molecule has 3 aromatic rings. The van der Waals surface area contributed by atoms with Crippen LogP contribution >= 0.6 is 22.9 Å². The molecule has 2 aromatic carbocycles. The van der Waals surface area contributed by atoms with Gasteiger partial charge in [0.15, 0.2) is 0 Å². The molecule has 3 N–H and O–H groups in total. The molecule has 0 saturated carbocycles. The van der Waals surface area contributed by atoms with Crippen molar-refractivity contribution in [2.24, 2.45) is 0 Å². The van der Waals surface area contributed by atoms with E-state index in [1.807, 2.05) is 49.4 Å². The Bertz CT molecular complexity index is 963. The highest BCUT2D eigenvalue weighted by atomic mass is 35.5. The SMILES string of the molecule is CCNC(=O)NC(Cc1ccccc1)C(=O)Nc1nnc(-c2ccc(Cl)cc2)s1. The first-order chi connectivity index (χ1) is 14.0. The lowest BCUT2D eigenvalue weighted by molar-refractivity contribution is -0.117. The molecule has 150 valence electrons. The van der Waals surface area contributed by atoms with Gasteiger partial charge in [-0.3, -0.25) is 10.1 Å². The number of carbonyl (C=O) groups is 2. The highest BCUT2D eigenvalue weighted by Crippen LogP contribution is 2.27. The van der Waals surface area contributed by atoms with Crippen molar-refractivity contribution in [1.82, 2.24) is 20.8 Å². The minimum atomic E-state index is -0.758. The molecule has 1 aromatic heterocycles. The number of hydrogen-bond acceptors (Lipinski definition) is 5. The van der Waals surface area contributed by atoms with E-state index in [1.54, 1.807) is 12.1 Å². The number of nitrogens with one attached hydrogen (secondary N) is 3. The summed E-state index contributed by atoms with van der Waals surface area (Å²) < 4.78 is 0. The van der Waals surface area contributed by atoms with Gasteiger partial charge in [-0.2, -0.15) is 0 Å². The van der Waals surface area contributed by atoms with E-state index in [0.717, 1.165) is 11.1 Å². The third kappa shape index (κ3) is 6.00.